The number of amides is 1. The van der Waals surface area contributed by atoms with Crippen LogP contribution in [0.1, 0.15) is 15.9 Å². The summed E-state index contributed by atoms with van der Waals surface area (Å²) in [7, 11) is 0. The second-order valence-electron chi connectivity index (χ2n) is 2.93. The Morgan fingerprint density at radius 1 is 1.31 bits per heavy atom. The van der Waals surface area contributed by atoms with E-state index in [4.69, 9.17) is 11.6 Å². The van der Waals surface area contributed by atoms with Crippen LogP contribution in [0.4, 0.5) is 5.69 Å². The van der Waals surface area contributed by atoms with Crippen molar-refractivity contribution < 1.29 is 9.59 Å². The molecule has 0 saturated heterocycles. The van der Waals surface area contributed by atoms with Crippen molar-refractivity contribution in [3.05, 3.63) is 28.3 Å². The van der Waals surface area contributed by atoms with E-state index < -0.39 is 11.7 Å². The van der Waals surface area contributed by atoms with Gasteiger partial charge in [-0.1, -0.05) is 11.6 Å². The van der Waals surface area contributed by atoms with Crippen molar-refractivity contribution in [2.75, 3.05) is 5.32 Å². The maximum atomic E-state index is 11.3. The predicted molar refractivity (Wildman–Crippen MR) is 49.1 cm³/mol. The van der Waals surface area contributed by atoms with Crippen molar-refractivity contribution in [2.24, 2.45) is 0 Å². The number of hydrogen-bond donors (Lipinski definition) is 1. The lowest BCUT2D eigenvalue weighted by Crippen LogP contribution is -2.12. The number of aryl methyl sites for hydroxylation is 1. The Morgan fingerprint density at radius 2 is 2.00 bits per heavy atom. The third kappa shape index (κ3) is 1.12. The Hall–Kier alpha value is -1.35. The van der Waals surface area contributed by atoms with Crippen molar-refractivity contribution in [3.63, 3.8) is 0 Å². The van der Waals surface area contributed by atoms with Gasteiger partial charge in [-0.2, -0.15) is 0 Å². The lowest BCUT2D eigenvalue weighted by molar-refractivity contribution is -0.112. The first kappa shape index (κ1) is 8.26. The monoisotopic (exact) mass is 195 g/mol. The molecular formula is C9H6ClNO2. The highest BCUT2D eigenvalue weighted by Crippen LogP contribution is 2.29. The molecule has 0 atom stereocenters. The SMILES string of the molecule is Cc1cc(Cl)cc2c1C(=O)C(=O)N2. The molecule has 0 unspecified atom stereocenters. The number of anilines is 1. The van der Waals surface area contributed by atoms with Gasteiger partial charge in [-0.05, 0) is 24.6 Å². The van der Waals surface area contributed by atoms with Gasteiger partial charge in [0.2, 0.25) is 0 Å². The molecule has 1 amide bonds. The van der Waals surface area contributed by atoms with Gasteiger partial charge in [0.1, 0.15) is 0 Å². The molecule has 13 heavy (non-hydrogen) atoms. The van der Waals surface area contributed by atoms with Gasteiger partial charge in [-0.15, -0.1) is 0 Å². The number of rotatable bonds is 0. The lowest BCUT2D eigenvalue weighted by Gasteiger charge is -2.00. The van der Waals surface area contributed by atoms with Gasteiger partial charge in [0, 0.05) is 5.02 Å². The molecule has 0 fully saturated rings. The van der Waals surface area contributed by atoms with Crippen LogP contribution in [-0.2, 0) is 4.79 Å². The Bertz CT molecular complexity index is 426. The zero-order valence-corrected chi connectivity index (χ0v) is 7.61. The summed E-state index contributed by atoms with van der Waals surface area (Å²) in [4.78, 5) is 22.3. The van der Waals surface area contributed by atoms with E-state index in [9.17, 15) is 9.59 Å². The van der Waals surface area contributed by atoms with Crippen molar-refractivity contribution in [1.82, 2.24) is 0 Å². The number of ketones is 1. The first-order valence-electron chi connectivity index (χ1n) is 3.75. The Kier molecular flexibility index (Phi) is 1.63. The molecular weight excluding hydrogens is 190 g/mol. The van der Waals surface area contributed by atoms with Gasteiger partial charge in [0.15, 0.2) is 0 Å². The fourth-order valence-corrected chi connectivity index (χ4v) is 1.71. The molecule has 0 radical (unpaired) electrons. The maximum absolute atomic E-state index is 11.3. The molecule has 3 nitrogen and oxygen atoms in total. The molecule has 1 aliphatic rings. The average Bonchev–Trinajstić information content (AvgIpc) is 2.27. The topological polar surface area (TPSA) is 46.2 Å². The molecule has 1 heterocycles. The number of halogens is 1. The molecule has 0 bridgehead atoms. The average molecular weight is 196 g/mol. The highest BCUT2D eigenvalue weighted by Gasteiger charge is 2.29. The third-order valence-corrected chi connectivity index (χ3v) is 2.20. The van der Waals surface area contributed by atoms with Crippen molar-refractivity contribution >= 4 is 29.0 Å². The Labute approximate surface area is 79.7 Å². The molecule has 0 aromatic heterocycles. The van der Waals surface area contributed by atoms with Crippen molar-refractivity contribution in [2.45, 2.75) is 6.92 Å². The lowest BCUT2D eigenvalue weighted by atomic mass is 10.1. The zero-order chi connectivity index (χ0) is 9.59. The van der Waals surface area contributed by atoms with E-state index in [1.54, 1.807) is 19.1 Å². The zero-order valence-electron chi connectivity index (χ0n) is 6.85. The highest BCUT2D eigenvalue weighted by molar-refractivity contribution is 6.52. The highest BCUT2D eigenvalue weighted by atomic mass is 35.5. The van der Waals surface area contributed by atoms with E-state index >= 15 is 0 Å². The molecule has 0 saturated carbocycles. The molecule has 1 aromatic carbocycles. The summed E-state index contributed by atoms with van der Waals surface area (Å²) < 4.78 is 0. The number of hydrogen-bond acceptors (Lipinski definition) is 2. The van der Waals surface area contributed by atoms with Gasteiger partial charge < -0.3 is 5.32 Å². The summed E-state index contributed by atoms with van der Waals surface area (Å²) in [6.45, 7) is 1.75. The van der Waals surface area contributed by atoms with Gasteiger partial charge in [0.25, 0.3) is 11.7 Å². The predicted octanol–water partition coefficient (Wildman–Crippen LogP) is 1.78. The van der Waals surface area contributed by atoms with Crippen LogP contribution in [0.25, 0.3) is 0 Å². The first-order valence-corrected chi connectivity index (χ1v) is 4.13. The Balaban J connectivity index is 2.71. The van der Waals surface area contributed by atoms with E-state index in [-0.39, 0.29) is 0 Å². The van der Waals surface area contributed by atoms with Gasteiger partial charge in [0.05, 0.1) is 11.3 Å². The fourth-order valence-electron chi connectivity index (χ4n) is 1.44. The van der Waals surface area contributed by atoms with Crippen LogP contribution in [0.2, 0.25) is 5.02 Å². The number of fused-ring (bicyclic) bond motifs is 1. The molecule has 66 valence electrons. The van der Waals surface area contributed by atoms with Crippen LogP contribution in [0.5, 0.6) is 0 Å². The first-order chi connectivity index (χ1) is 6.09. The third-order valence-electron chi connectivity index (χ3n) is 1.98. The van der Waals surface area contributed by atoms with Gasteiger partial charge >= 0.3 is 0 Å². The van der Waals surface area contributed by atoms with E-state index in [1.807, 2.05) is 0 Å². The number of nitrogens with one attached hydrogen (secondary N) is 1. The minimum atomic E-state index is -0.583. The normalized spacial score (nSPS) is 14.3. The number of carbonyl (C=O) groups is 2. The largest absolute Gasteiger partial charge is 0.318 e. The van der Waals surface area contributed by atoms with Crippen molar-refractivity contribution in [1.29, 1.82) is 0 Å². The van der Waals surface area contributed by atoms with E-state index in [1.165, 1.54) is 0 Å². The minimum absolute atomic E-state index is 0.439. The summed E-state index contributed by atoms with van der Waals surface area (Å²) >= 11 is 5.76. The van der Waals surface area contributed by atoms with Crippen LogP contribution in [-0.4, -0.2) is 11.7 Å². The minimum Gasteiger partial charge on any atom is -0.318 e. The van der Waals surface area contributed by atoms with Crippen LogP contribution < -0.4 is 5.32 Å². The van der Waals surface area contributed by atoms with Crippen LogP contribution in [0.3, 0.4) is 0 Å². The molecule has 1 N–H and O–H groups in total. The molecule has 1 aromatic rings. The Morgan fingerprint density at radius 3 is 2.69 bits per heavy atom. The number of Topliss-reactive ketones (excluding diaryl/α,β-unsaturated/α-hetero) is 1. The summed E-state index contributed by atoms with van der Waals surface area (Å²) in [5.41, 5.74) is 1.68. The van der Waals surface area contributed by atoms with Crippen molar-refractivity contribution in [3.8, 4) is 0 Å². The quantitative estimate of drug-likeness (QED) is 0.642. The molecule has 0 aliphatic carbocycles. The second-order valence-corrected chi connectivity index (χ2v) is 3.36. The summed E-state index contributed by atoms with van der Waals surface area (Å²) in [6.07, 6.45) is 0. The standard InChI is InChI=1S/C9H6ClNO2/c1-4-2-5(10)3-6-7(4)8(12)9(13)11-6/h2-3H,1H3,(H,11,12,13). The van der Waals surface area contributed by atoms with E-state index in [0.717, 1.165) is 5.56 Å². The van der Waals surface area contributed by atoms with Gasteiger partial charge in [-0.25, -0.2) is 0 Å². The molecule has 0 spiro atoms. The van der Waals surface area contributed by atoms with E-state index in [0.29, 0.717) is 16.3 Å². The summed E-state index contributed by atoms with van der Waals surface area (Å²) in [6, 6.07) is 3.24. The second kappa shape index (κ2) is 2.57. The molecule has 2 rings (SSSR count). The number of benzene rings is 1. The smallest absolute Gasteiger partial charge is 0.296 e. The van der Waals surface area contributed by atoms with Crippen LogP contribution >= 0.6 is 11.6 Å². The van der Waals surface area contributed by atoms with Crippen LogP contribution in [0.15, 0.2) is 12.1 Å². The fraction of sp³-hybridized carbons (Fsp3) is 0.111. The van der Waals surface area contributed by atoms with Crippen LogP contribution in [0, 0.1) is 6.92 Å². The molecule has 4 heteroatoms. The number of carbonyl (C=O) groups excluding carboxylic acids is 2. The van der Waals surface area contributed by atoms with E-state index in [2.05, 4.69) is 5.32 Å². The maximum Gasteiger partial charge on any atom is 0.296 e. The summed E-state index contributed by atoms with van der Waals surface area (Å²) in [5, 5.41) is 2.98. The molecule has 1 aliphatic heterocycles. The van der Waals surface area contributed by atoms with Gasteiger partial charge in [-0.3, -0.25) is 9.59 Å². The summed E-state index contributed by atoms with van der Waals surface area (Å²) in [5.74, 6) is -1.07.